The average Bonchev–Trinajstić information content (AvgIpc) is 3.27. The zero-order valence-corrected chi connectivity index (χ0v) is 21.3. The van der Waals surface area contributed by atoms with Crippen LogP contribution in [0.2, 0.25) is 0 Å². The number of benzene rings is 1. The maximum absolute atomic E-state index is 13.3. The lowest BCUT2D eigenvalue weighted by atomic mass is 10.0. The maximum Gasteiger partial charge on any atom is 0.326 e. The molecular weight excluding hydrogens is 528 g/mol. The second kappa shape index (κ2) is 14.2. The zero-order chi connectivity index (χ0) is 30.0. The van der Waals surface area contributed by atoms with Crippen molar-refractivity contribution in [1.82, 2.24) is 20.9 Å². The standard InChI is InChI=1S/C24H32N8O8/c25-13(8-19(27)34)21(36)30-15(5-6-18(26)33)22(37)31-16(23(38)32-17(24(39)40)9-20(28)35)7-11-10-29-14-4-2-1-3-12(11)14/h1-4,10,13,15-17,29H,5-9,25H2,(H2,26,33)(H2,27,34)(H2,28,35)(H,30,36)(H,31,37)(H,32,38)(H,39,40). The number of nitrogens with one attached hydrogen (secondary N) is 4. The SMILES string of the molecule is NC(=O)CCC(NC(=O)C(N)CC(N)=O)C(=O)NC(Cc1c[nH]c2ccccc12)C(=O)NC(CC(N)=O)C(=O)O. The number of para-hydroxylation sites is 1. The topological polar surface area (TPSA) is 296 Å². The van der Waals surface area contributed by atoms with E-state index in [0.717, 1.165) is 10.9 Å². The number of hydrogen-bond donors (Lipinski definition) is 9. The van der Waals surface area contributed by atoms with Crippen molar-refractivity contribution >= 4 is 52.3 Å². The fourth-order valence-electron chi connectivity index (χ4n) is 3.82. The molecule has 16 heteroatoms. The van der Waals surface area contributed by atoms with Gasteiger partial charge in [-0.15, -0.1) is 0 Å². The third-order valence-electron chi connectivity index (χ3n) is 5.82. The Bertz CT molecular complexity index is 1290. The van der Waals surface area contributed by atoms with Crippen molar-refractivity contribution in [3.63, 3.8) is 0 Å². The molecule has 0 aliphatic carbocycles. The summed E-state index contributed by atoms with van der Waals surface area (Å²) in [5.74, 6) is -6.96. The zero-order valence-electron chi connectivity index (χ0n) is 21.3. The summed E-state index contributed by atoms with van der Waals surface area (Å²) >= 11 is 0. The predicted molar refractivity (Wildman–Crippen MR) is 139 cm³/mol. The van der Waals surface area contributed by atoms with Crippen LogP contribution in [0.3, 0.4) is 0 Å². The number of fused-ring (bicyclic) bond motifs is 1. The molecule has 0 saturated heterocycles. The molecule has 0 saturated carbocycles. The lowest BCUT2D eigenvalue weighted by Gasteiger charge is -2.25. The van der Waals surface area contributed by atoms with Gasteiger partial charge in [0.15, 0.2) is 0 Å². The Labute approximate surface area is 227 Å². The summed E-state index contributed by atoms with van der Waals surface area (Å²) in [6, 6.07) is 1.19. The van der Waals surface area contributed by atoms with Gasteiger partial charge in [-0.2, -0.15) is 0 Å². The first-order chi connectivity index (χ1) is 18.8. The van der Waals surface area contributed by atoms with E-state index in [-0.39, 0.29) is 19.3 Å². The van der Waals surface area contributed by atoms with Crippen LogP contribution in [0.25, 0.3) is 10.9 Å². The Kier molecular flexibility index (Phi) is 11.1. The molecule has 1 heterocycles. The van der Waals surface area contributed by atoms with Crippen molar-refractivity contribution in [2.75, 3.05) is 0 Å². The highest BCUT2D eigenvalue weighted by Crippen LogP contribution is 2.19. The molecule has 0 aliphatic rings. The summed E-state index contributed by atoms with van der Waals surface area (Å²) < 4.78 is 0. The van der Waals surface area contributed by atoms with E-state index in [1.54, 1.807) is 30.5 Å². The van der Waals surface area contributed by atoms with Crippen LogP contribution < -0.4 is 38.9 Å². The van der Waals surface area contributed by atoms with Gasteiger partial charge in [-0.3, -0.25) is 28.8 Å². The highest BCUT2D eigenvalue weighted by Gasteiger charge is 2.32. The van der Waals surface area contributed by atoms with Gasteiger partial charge in [-0.1, -0.05) is 18.2 Å². The van der Waals surface area contributed by atoms with Gasteiger partial charge < -0.3 is 49.0 Å². The van der Waals surface area contributed by atoms with E-state index in [1.807, 2.05) is 0 Å². The summed E-state index contributed by atoms with van der Waals surface area (Å²) in [7, 11) is 0. The molecule has 16 nitrogen and oxygen atoms in total. The van der Waals surface area contributed by atoms with Crippen LogP contribution >= 0.6 is 0 Å². The molecule has 40 heavy (non-hydrogen) atoms. The van der Waals surface area contributed by atoms with Gasteiger partial charge in [0.2, 0.25) is 35.4 Å². The molecule has 0 radical (unpaired) electrons. The molecule has 2 rings (SSSR count). The predicted octanol–water partition coefficient (Wildman–Crippen LogP) is -3.41. The Morgan fingerprint density at radius 2 is 1.35 bits per heavy atom. The van der Waals surface area contributed by atoms with E-state index < -0.39 is 78.4 Å². The quantitative estimate of drug-likeness (QED) is 0.0986. The number of aliphatic carboxylic acids is 1. The van der Waals surface area contributed by atoms with Gasteiger partial charge in [-0.25, -0.2) is 4.79 Å². The van der Waals surface area contributed by atoms with Crippen molar-refractivity contribution in [2.45, 2.75) is 56.3 Å². The molecule has 6 amide bonds. The highest BCUT2D eigenvalue weighted by atomic mass is 16.4. The molecule has 0 aliphatic heterocycles. The lowest BCUT2D eigenvalue weighted by molar-refractivity contribution is -0.143. The number of carboxylic acids is 1. The molecule has 4 unspecified atom stereocenters. The molecule has 4 atom stereocenters. The van der Waals surface area contributed by atoms with Gasteiger partial charge in [0.05, 0.1) is 18.9 Å². The van der Waals surface area contributed by atoms with E-state index in [1.165, 1.54) is 0 Å². The number of rotatable bonds is 16. The summed E-state index contributed by atoms with van der Waals surface area (Å²) in [4.78, 5) is 87.3. The number of carbonyl (C=O) groups is 7. The largest absolute Gasteiger partial charge is 0.480 e. The minimum Gasteiger partial charge on any atom is -0.480 e. The van der Waals surface area contributed by atoms with Crippen molar-refractivity contribution in [1.29, 1.82) is 0 Å². The van der Waals surface area contributed by atoms with Crippen LogP contribution in [-0.4, -0.2) is 75.7 Å². The number of nitrogens with two attached hydrogens (primary N) is 4. The van der Waals surface area contributed by atoms with E-state index in [4.69, 9.17) is 22.9 Å². The van der Waals surface area contributed by atoms with Crippen LogP contribution in [0.1, 0.15) is 31.2 Å². The van der Waals surface area contributed by atoms with Crippen LogP contribution in [0.15, 0.2) is 30.5 Å². The summed E-state index contributed by atoms with van der Waals surface area (Å²) in [5.41, 5.74) is 22.3. The monoisotopic (exact) mass is 560 g/mol. The normalized spacial score (nSPS) is 13.8. The first-order valence-electron chi connectivity index (χ1n) is 12.1. The molecular formula is C24H32N8O8. The molecule has 1 aromatic carbocycles. The number of carboxylic acid groups (broad SMARTS) is 1. The molecule has 1 aromatic heterocycles. The number of H-pyrrole nitrogens is 1. The third kappa shape index (κ3) is 9.39. The van der Waals surface area contributed by atoms with Crippen molar-refractivity contribution in [3.05, 3.63) is 36.0 Å². The highest BCUT2D eigenvalue weighted by molar-refractivity contribution is 5.96. The van der Waals surface area contributed by atoms with Gasteiger partial charge in [0.1, 0.15) is 18.1 Å². The fourth-order valence-corrected chi connectivity index (χ4v) is 3.82. The van der Waals surface area contributed by atoms with Gasteiger partial charge in [0.25, 0.3) is 0 Å². The van der Waals surface area contributed by atoms with E-state index in [9.17, 15) is 38.7 Å². The Morgan fingerprint density at radius 3 is 1.95 bits per heavy atom. The molecule has 0 bridgehead atoms. The van der Waals surface area contributed by atoms with Gasteiger partial charge >= 0.3 is 5.97 Å². The Hall–Kier alpha value is -4.99. The number of carbonyl (C=O) groups excluding carboxylic acids is 6. The van der Waals surface area contributed by atoms with E-state index in [0.29, 0.717) is 5.56 Å². The number of amides is 6. The minimum absolute atomic E-state index is 0.137. The van der Waals surface area contributed by atoms with Crippen molar-refractivity contribution in [2.24, 2.45) is 22.9 Å². The van der Waals surface area contributed by atoms with Crippen LogP contribution in [0, 0.1) is 0 Å². The van der Waals surface area contributed by atoms with Gasteiger partial charge in [-0.05, 0) is 18.1 Å². The Morgan fingerprint density at radius 1 is 0.775 bits per heavy atom. The molecule has 0 fully saturated rings. The lowest BCUT2D eigenvalue weighted by Crippen LogP contribution is -2.58. The van der Waals surface area contributed by atoms with E-state index in [2.05, 4.69) is 20.9 Å². The summed E-state index contributed by atoms with van der Waals surface area (Å²) in [5, 5.41) is 17.1. The second-order valence-electron chi connectivity index (χ2n) is 9.04. The smallest absolute Gasteiger partial charge is 0.326 e. The first kappa shape index (κ1) is 31.2. The second-order valence-corrected chi connectivity index (χ2v) is 9.04. The van der Waals surface area contributed by atoms with Crippen LogP contribution in [0.5, 0.6) is 0 Å². The minimum atomic E-state index is -1.68. The Balaban J connectivity index is 2.34. The molecule has 216 valence electrons. The summed E-state index contributed by atoms with van der Waals surface area (Å²) in [6.45, 7) is 0. The summed E-state index contributed by atoms with van der Waals surface area (Å²) in [6.07, 6.45) is -0.367. The first-order valence-corrected chi connectivity index (χ1v) is 12.1. The number of aromatic amines is 1. The van der Waals surface area contributed by atoms with Crippen LogP contribution in [-0.2, 0) is 40.0 Å². The van der Waals surface area contributed by atoms with Crippen LogP contribution in [0.4, 0.5) is 0 Å². The molecule has 2 aromatic rings. The number of hydrogen-bond acceptors (Lipinski definition) is 8. The molecule has 0 spiro atoms. The third-order valence-corrected chi connectivity index (χ3v) is 5.82. The number of primary amides is 3. The average molecular weight is 561 g/mol. The fraction of sp³-hybridized carbons (Fsp3) is 0.375. The van der Waals surface area contributed by atoms with Crippen molar-refractivity contribution in [3.8, 4) is 0 Å². The maximum atomic E-state index is 13.3. The van der Waals surface area contributed by atoms with Gasteiger partial charge in [0, 0.05) is 29.9 Å². The molecule has 13 N–H and O–H groups in total. The number of aromatic nitrogens is 1. The van der Waals surface area contributed by atoms with E-state index >= 15 is 0 Å². The van der Waals surface area contributed by atoms with Crippen molar-refractivity contribution < 1.29 is 38.7 Å².